The van der Waals surface area contributed by atoms with Gasteiger partial charge in [-0.2, -0.15) is 4.68 Å². The lowest BCUT2D eigenvalue weighted by Gasteiger charge is -2.08. The number of tetrazole rings is 1. The molecule has 100 valence electrons. The number of carboxylic acid groups (broad SMARTS) is 1. The Morgan fingerprint density at radius 1 is 1.32 bits per heavy atom. The molecule has 10 heteroatoms. The number of halogens is 3. The van der Waals surface area contributed by atoms with Crippen LogP contribution in [0.15, 0.2) is 17.3 Å². The lowest BCUT2D eigenvalue weighted by molar-refractivity contribution is -0.133. The second-order valence-corrected chi connectivity index (χ2v) is 5.47. The van der Waals surface area contributed by atoms with Gasteiger partial charge in [0.2, 0.25) is 5.16 Å². The molecule has 1 aromatic heterocycles. The smallest absolute Gasteiger partial charge is 0.313 e. The van der Waals surface area contributed by atoms with Crippen LogP contribution in [0, 0.1) is 0 Å². The summed E-state index contributed by atoms with van der Waals surface area (Å²) in [6.45, 7) is 0. The van der Waals surface area contributed by atoms with E-state index >= 15 is 0 Å². The molecule has 1 heterocycles. The van der Waals surface area contributed by atoms with Crippen LogP contribution in [0.4, 0.5) is 0 Å². The summed E-state index contributed by atoms with van der Waals surface area (Å²) in [7, 11) is 0. The molecule has 0 saturated heterocycles. The molecule has 0 spiro atoms. The Labute approximate surface area is 126 Å². The number of thioether (sulfide) groups is 1. The van der Waals surface area contributed by atoms with E-state index in [1.165, 1.54) is 16.8 Å². The monoisotopic (exact) mass is 338 g/mol. The van der Waals surface area contributed by atoms with Crippen LogP contribution < -0.4 is 0 Å². The topological polar surface area (TPSA) is 80.9 Å². The first-order valence-corrected chi connectivity index (χ1v) is 6.89. The average molecular weight is 340 g/mol. The van der Waals surface area contributed by atoms with Crippen LogP contribution in [0.2, 0.25) is 15.1 Å². The Bertz CT molecular complexity index is 611. The van der Waals surface area contributed by atoms with Crippen molar-refractivity contribution in [2.24, 2.45) is 0 Å². The summed E-state index contributed by atoms with van der Waals surface area (Å²) in [5.74, 6) is -1.16. The van der Waals surface area contributed by atoms with Crippen LogP contribution >= 0.6 is 46.6 Å². The molecule has 0 atom stereocenters. The van der Waals surface area contributed by atoms with Gasteiger partial charge in [-0.1, -0.05) is 46.6 Å². The number of carboxylic acids is 1. The van der Waals surface area contributed by atoms with Crippen molar-refractivity contribution in [2.75, 3.05) is 5.75 Å². The molecular formula is C9H5Cl3N4O2S. The molecule has 0 radical (unpaired) electrons. The third-order valence-electron chi connectivity index (χ3n) is 1.96. The van der Waals surface area contributed by atoms with Crippen molar-refractivity contribution in [1.29, 1.82) is 0 Å². The Balaban J connectivity index is 2.43. The van der Waals surface area contributed by atoms with E-state index in [0.717, 1.165) is 11.8 Å². The third kappa shape index (κ3) is 3.30. The highest BCUT2D eigenvalue weighted by Gasteiger charge is 2.17. The Kier molecular flexibility index (Phi) is 4.51. The number of rotatable bonds is 4. The standard InChI is InChI=1S/C9H5Cl3N4O2S/c10-4-1-5(11)8(6(12)2-4)16-9(13-14-15-16)19-3-7(17)18/h1-2H,3H2,(H,17,18). The Morgan fingerprint density at radius 3 is 2.53 bits per heavy atom. The zero-order valence-electron chi connectivity index (χ0n) is 9.05. The summed E-state index contributed by atoms with van der Waals surface area (Å²) < 4.78 is 1.27. The van der Waals surface area contributed by atoms with Gasteiger partial charge in [0.15, 0.2) is 0 Å². The first kappa shape index (κ1) is 14.4. The highest BCUT2D eigenvalue weighted by Crippen LogP contribution is 2.33. The molecule has 1 aromatic carbocycles. The number of aliphatic carboxylic acids is 1. The minimum absolute atomic E-state index is 0.177. The number of nitrogens with zero attached hydrogens (tertiary/aromatic N) is 4. The normalized spacial score (nSPS) is 10.7. The predicted octanol–water partition coefficient (Wildman–Crippen LogP) is 2.80. The number of hydrogen-bond acceptors (Lipinski definition) is 5. The van der Waals surface area contributed by atoms with Crippen molar-refractivity contribution in [3.8, 4) is 5.69 Å². The summed E-state index contributed by atoms with van der Waals surface area (Å²) in [6, 6.07) is 3.00. The maximum atomic E-state index is 10.6. The Morgan fingerprint density at radius 2 is 1.95 bits per heavy atom. The quantitative estimate of drug-likeness (QED) is 0.863. The number of benzene rings is 1. The van der Waals surface area contributed by atoms with Crippen LogP contribution in [0.3, 0.4) is 0 Å². The van der Waals surface area contributed by atoms with E-state index in [2.05, 4.69) is 15.5 Å². The van der Waals surface area contributed by atoms with Crippen molar-refractivity contribution < 1.29 is 9.90 Å². The molecule has 1 N–H and O–H groups in total. The van der Waals surface area contributed by atoms with Gasteiger partial charge in [0.1, 0.15) is 5.69 Å². The lowest BCUT2D eigenvalue weighted by atomic mass is 10.3. The molecule has 2 aromatic rings. The highest BCUT2D eigenvalue weighted by molar-refractivity contribution is 7.99. The molecule has 0 saturated carbocycles. The molecule has 19 heavy (non-hydrogen) atoms. The molecule has 6 nitrogen and oxygen atoms in total. The second-order valence-electron chi connectivity index (χ2n) is 3.27. The largest absolute Gasteiger partial charge is 0.481 e. The molecule has 0 aliphatic carbocycles. The summed E-state index contributed by atoms with van der Waals surface area (Å²) in [6.07, 6.45) is 0. The predicted molar refractivity (Wildman–Crippen MR) is 72.5 cm³/mol. The van der Waals surface area contributed by atoms with Crippen molar-refractivity contribution in [3.63, 3.8) is 0 Å². The molecule has 0 aliphatic rings. The zero-order chi connectivity index (χ0) is 14.0. The maximum absolute atomic E-state index is 10.6. The zero-order valence-corrected chi connectivity index (χ0v) is 12.1. The van der Waals surface area contributed by atoms with Crippen LogP contribution in [0.25, 0.3) is 5.69 Å². The maximum Gasteiger partial charge on any atom is 0.313 e. The van der Waals surface area contributed by atoms with Crippen molar-refractivity contribution in [1.82, 2.24) is 20.2 Å². The summed E-state index contributed by atoms with van der Waals surface area (Å²) >= 11 is 18.9. The number of carbonyl (C=O) groups is 1. The molecular weight excluding hydrogens is 335 g/mol. The fourth-order valence-corrected chi connectivity index (χ4v) is 2.85. The molecule has 0 amide bonds. The molecule has 0 bridgehead atoms. The summed E-state index contributed by atoms with van der Waals surface area (Å²) in [5, 5.41) is 20.8. The minimum Gasteiger partial charge on any atom is -0.481 e. The fraction of sp³-hybridized carbons (Fsp3) is 0.111. The van der Waals surface area contributed by atoms with Gasteiger partial charge < -0.3 is 5.11 Å². The van der Waals surface area contributed by atoms with Crippen molar-refractivity contribution >= 4 is 52.5 Å². The average Bonchev–Trinajstić information content (AvgIpc) is 2.73. The molecule has 0 aliphatic heterocycles. The van der Waals surface area contributed by atoms with Crippen LogP contribution in [0.5, 0.6) is 0 Å². The lowest BCUT2D eigenvalue weighted by Crippen LogP contribution is -2.04. The van der Waals surface area contributed by atoms with Crippen molar-refractivity contribution in [3.05, 3.63) is 27.2 Å². The second kappa shape index (κ2) is 5.96. The van der Waals surface area contributed by atoms with Crippen molar-refractivity contribution in [2.45, 2.75) is 5.16 Å². The van der Waals surface area contributed by atoms with Gasteiger partial charge in [0.05, 0.1) is 15.8 Å². The van der Waals surface area contributed by atoms with E-state index in [9.17, 15) is 4.79 Å². The van der Waals surface area contributed by atoms with Crippen LogP contribution in [0.1, 0.15) is 0 Å². The van der Waals surface area contributed by atoms with Crippen LogP contribution in [-0.4, -0.2) is 37.0 Å². The molecule has 0 fully saturated rings. The highest BCUT2D eigenvalue weighted by atomic mass is 35.5. The van der Waals surface area contributed by atoms with E-state index in [1.807, 2.05) is 0 Å². The Hall–Kier alpha value is -1.02. The first-order valence-electron chi connectivity index (χ1n) is 4.77. The SMILES string of the molecule is O=C(O)CSc1nnnn1-c1c(Cl)cc(Cl)cc1Cl. The van der Waals surface area contributed by atoms with Gasteiger partial charge in [-0.05, 0) is 22.6 Å². The van der Waals surface area contributed by atoms with E-state index in [4.69, 9.17) is 39.9 Å². The van der Waals surface area contributed by atoms with Gasteiger partial charge in [0.25, 0.3) is 0 Å². The van der Waals surface area contributed by atoms with Crippen LogP contribution in [-0.2, 0) is 4.79 Å². The fourth-order valence-electron chi connectivity index (χ4n) is 1.27. The van der Waals surface area contributed by atoms with E-state index < -0.39 is 5.97 Å². The van der Waals surface area contributed by atoms with E-state index in [0.29, 0.717) is 10.7 Å². The minimum atomic E-state index is -0.979. The van der Waals surface area contributed by atoms with Gasteiger partial charge in [0, 0.05) is 5.02 Å². The number of hydrogen-bond donors (Lipinski definition) is 1. The van der Waals surface area contributed by atoms with Gasteiger partial charge >= 0.3 is 5.97 Å². The van der Waals surface area contributed by atoms with Gasteiger partial charge in [-0.3, -0.25) is 4.79 Å². The van der Waals surface area contributed by atoms with Gasteiger partial charge in [-0.25, -0.2) is 0 Å². The van der Waals surface area contributed by atoms with E-state index in [1.54, 1.807) is 0 Å². The van der Waals surface area contributed by atoms with E-state index in [-0.39, 0.29) is 21.0 Å². The number of aromatic nitrogens is 4. The van der Waals surface area contributed by atoms with Gasteiger partial charge in [-0.15, -0.1) is 5.10 Å². The third-order valence-corrected chi connectivity index (χ3v) is 3.66. The summed E-state index contributed by atoms with van der Waals surface area (Å²) in [5.41, 5.74) is 0.352. The molecule has 2 rings (SSSR count). The first-order chi connectivity index (χ1) is 8.99. The molecule has 0 unspecified atom stereocenters. The summed E-state index contributed by atoms with van der Waals surface area (Å²) in [4.78, 5) is 10.6.